The highest BCUT2D eigenvalue weighted by atomic mass is 32.3. The third kappa shape index (κ3) is 2.29. The van der Waals surface area contributed by atoms with E-state index in [1.165, 1.54) is 10.8 Å². The summed E-state index contributed by atoms with van der Waals surface area (Å²) in [5, 5.41) is 9.23. The Bertz CT molecular complexity index is 185. The zero-order valence-electron chi connectivity index (χ0n) is 9.63. The zero-order chi connectivity index (χ0) is 10.3. The monoisotopic (exact) mass is 220 g/mol. The van der Waals surface area contributed by atoms with Crippen molar-refractivity contribution in [2.45, 2.75) is 46.2 Å². The maximum atomic E-state index is 6.48. The van der Waals surface area contributed by atoms with Crippen LogP contribution >= 0.6 is 10.4 Å². The first-order chi connectivity index (χ1) is 5.77. The van der Waals surface area contributed by atoms with E-state index in [2.05, 4.69) is 38.9 Å². The van der Waals surface area contributed by atoms with Gasteiger partial charge < -0.3 is 0 Å². The van der Waals surface area contributed by atoms with E-state index in [1.807, 2.05) is 0 Å². The minimum absolute atomic E-state index is 0.238. The van der Waals surface area contributed by atoms with Crippen LogP contribution in [-0.4, -0.2) is 36.2 Å². The molecule has 1 aliphatic heterocycles. The molecule has 0 spiro atoms. The highest BCUT2D eigenvalue weighted by Gasteiger charge is 2.40. The number of hydrogen-bond acceptors (Lipinski definition) is 2. The van der Waals surface area contributed by atoms with Gasteiger partial charge in [0.05, 0.1) is 0 Å². The van der Waals surface area contributed by atoms with Gasteiger partial charge in [0.25, 0.3) is 0 Å². The molecule has 0 bridgehead atoms. The maximum absolute atomic E-state index is 6.48. The van der Waals surface area contributed by atoms with Crippen molar-refractivity contribution in [3.8, 4) is 0 Å². The molecular weight excluding hydrogens is 196 g/mol. The van der Waals surface area contributed by atoms with Crippen LogP contribution in [0, 0.1) is 0 Å². The molecule has 0 aromatic carbocycles. The van der Waals surface area contributed by atoms with Crippen LogP contribution in [0.4, 0.5) is 0 Å². The molecule has 2 nitrogen and oxygen atoms in total. The first-order valence-electron chi connectivity index (χ1n) is 5.13. The van der Waals surface area contributed by atoms with Gasteiger partial charge in [-0.05, 0) is 45.4 Å². The van der Waals surface area contributed by atoms with Crippen LogP contribution in [0.3, 0.4) is 0 Å². The van der Waals surface area contributed by atoms with E-state index < -0.39 is 10.4 Å². The summed E-state index contributed by atoms with van der Waals surface area (Å²) in [5.41, 5.74) is 0.243. The molecule has 1 aliphatic rings. The van der Waals surface area contributed by atoms with Gasteiger partial charge in [0.15, 0.2) is 0 Å². The molecule has 13 heavy (non-hydrogen) atoms. The SMILES string of the molecule is CC(C)N(C(C)(C)C)S1(N)C[SiH2]C1. The van der Waals surface area contributed by atoms with Gasteiger partial charge in [-0.25, -0.2) is 4.31 Å². The van der Waals surface area contributed by atoms with Crippen LogP contribution in [0.15, 0.2) is 0 Å². The molecule has 1 fully saturated rings. The minimum atomic E-state index is -0.842. The summed E-state index contributed by atoms with van der Waals surface area (Å²) in [6.07, 6.45) is 0. The molecule has 1 rings (SSSR count). The number of hydrogen-bond donors (Lipinski definition) is 1. The molecule has 0 radical (unpaired) electrons. The summed E-state index contributed by atoms with van der Waals surface area (Å²) >= 11 is 0. The highest BCUT2D eigenvalue weighted by Crippen LogP contribution is 2.53. The largest absolute Gasteiger partial charge is 0.284 e. The Labute approximate surface area is 86.7 Å². The number of rotatable bonds is 2. The molecule has 0 aromatic rings. The summed E-state index contributed by atoms with van der Waals surface area (Å²) in [5.74, 6) is 0. The lowest BCUT2D eigenvalue weighted by atomic mass is 10.1. The van der Waals surface area contributed by atoms with Gasteiger partial charge in [0.1, 0.15) is 0 Å². The highest BCUT2D eigenvalue weighted by molar-refractivity contribution is 8.34. The first-order valence-corrected chi connectivity index (χ1v) is 9.12. The Morgan fingerprint density at radius 3 is 1.85 bits per heavy atom. The van der Waals surface area contributed by atoms with Crippen molar-refractivity contribution in [1.29, 1.82) is 0 Å². The van der Waals surface area contributed by atoms with Crippen LogP contribution in [-0.2, 0) is 0 Å². The predicted molar refractivity (Wildman–Crippen MR) is 66.8 cm³/mol. The molecule has 1 saturated heterocycles. The van der Waals surface area contributed by atoms with E-state index >= 15 is 0 Å². The van der Waals surface area contributed by atoms with Crippen LogP contribution in [0.5, 0.6) is 0 Å². The molecule has 4 heteroatoms. The zero-order valence-corrected chi connectivity index (χ0v) is 11.9. The quantitative estimate of drug-likeness (QED) is 0.708. The van der Waals surface area contributed by atoms with Crippen LogP contribution in [0.25, 0.3) is 0 Å². The normalized spacial score (nSPS) is 36.3. The lowest BCUT2D eigenvalue weighted by Gasteiger charge is -2.59. The number of nitrogens with two attached hydrogens (primary N) is 1. The van der Waals surface area contributed by atoms with Gasteiger partial charge in [0.2, 0.25) is 0 Å². The second-order valence-corrected chi connectivity index (χ2v) is 11.4. The fourth-order valence-corrected chi connectivity index (χ4v) is 9.40. The fourth-order valence-electron chi connectivity index (χ4n) is 2.38. The van der Waals surface area contributed by atoms with Gasteiger partial charge in [-0.2, -0.15) is 0 Å². The Kier molecular flexibility index (Phi) is 3.17. The molecule has 80 valence electrons. The lowest BCUT2D eigenvalue weighted by molar-refractivity contribution is 0.223. The average Bonchev–Trinajstić information content (AvgIpc) is 1.79. The van der Waals surface area contributed by atoms with Gasteiger partial charge >= 0.3 is 0 Å². The molecule has 1 heterocycles. The average molecular weight is 220 g/mol. The number of nitrogens with zero attached hydrogens (tertiary/aromatic N) is 1. The smallest absolute Gasteiger partial charge is 0.0454 e. The maximum Gasteiger partial charge on any atom is 0.0454 e. The van der Waals surface area contributed by atoms with Crippen molar-refractivity contribution in [2.75, 3.05) is 10.8 Å². The van der Waals surface area contributed by atoms with Crippen molar-refractivity contribution in [3.05, 3.63) is 0 Å². The van der Waals surface area contributed by atoms with Gasteiger partial charge in [-0.15, -0.1) is 10.4 Å². The second kappa shape index (κ2) is 3.57. The third-order valence-electron chi connectivity index (χ3n) is 2.52. The van der Waals surface area contributed by atoms with E-state index in [-0.39, 0.29) is 15.1 Å². The molecule has 0 aromatic heterocycles. The van der Waals surface area contributed by atoms with Crippen molar-refractivity contribution < 1.29 is 0 Å². The topological polar surface area (TPSA) is 29.3 Å². The van der Waals surface area contributed by atoms with Gasteiger partial charge in [0, 0.05) is 21.1 Å². The molecular formula is C9H24N2SSi. The van der Waals surface area contributed by atoms with E-state index in [1.54, 1.807) is 0 Å². The van der Waals surface area contributed by atoms with Gasteiger partial charge in [-0.3, -0.25) is 5.14 Å². The van der Waals surface area contributed by atoms with E-state index in [0.717, 1.165) is 0 Å². The van der Waals surface area contributed by atoms with E-state index in [0.29, 0.717) is 6.04 Å². The second-order valence-electron chi connectivity index (χ2n) is 5.25. The lowest BCUT2D eigenvalue weighted by Crippen LogP contribution is -2.57. The summed E-state index contributed by atoms with van der Waals surface area (Å²) in [4.78, 5) is 0. The Balaban J connectivity index is 2.79. The van der Waals surface area contributed by atoms with Crippen LogP contribution < -0.4 is 5.14 Å². The molecule has 0 aliphatic carbocycles. The van der Waals surface area contributed by atoms with Crippen LogP contribution in [0.1, 0.15) is 34.6 Å². The third-order valence-corrected chi connectivity index (χ3v) is 12.2. The fraction of sp³-hybridized carbons (Fsp3) is 1.00. The van der Waals surface area contributed by atoms with E-state index in [4.69, 9.17) is 5.14 Å². The molecule has 2 N–H and O–H groups in total. The van der Waals surface area contributed by atoms with Gasteiger partial charge in [-0.1, -0.05) is 0 Å². The minimum Gasteiger partial charge on any atom is -0.284 e. The Morgan fingerprint density at radius 2 is 1.77 bits per heavy atom. The standard InChI is InChI=1S/C9H24N2SSi/c1-8(2)11(9(3,4)5)12(10)6-13-7-12/h8H,6-7,10,13H2,1-5H3. The molecule has 0 saturated carbocycles. The summed E-state index contributed by atoms with van der Waals surface area (Å²) in [6.45, 7) is 11.4. The summed E-state index contributed by atoms with van der Waals surface area (Å²) < 4.78 is 2.58. The summed E-state index contributed by atoms with van der Waals surface area (Å²) in [6, 6.07) is 0.592. The van der Waals surface area contributed by atoms with Crippen molar-refractivity contribution >= 4 is 19.9 Å². The van der Waals surface area contributed by atoms with E-state index in [9.17, 15) is 0 Å². The predicted octanol–water partition coefficient (Wildman–Crippen LogP) is 1.19. The van der Waals surface area contributed by atoms with Crippen molar-refractivity contribution in [2.24, 2.45) is 5.14 Å². The molecule has 0 unspecified atom stereocenters. The molecule has 0 atom stereocenters. The van der Waals surface area contributed by atoms with Crippen LogP contribution in [0.2, 0.25) is 0 Å². The molecule has 0 amide bonds. The van der Waals surface area contributed by atoms with Crippen molar-refractivity contribution in [3.63, 3.8) is 0 Å². The Hall–Kier alpha value is 0.487. The Morgan fingerprint density at radius 1 is 1.31 bits per heavy atom. The first kappa shape index (κ1) is 11.6. The summed E-state index contributed by atoms with van der Waals surface area (Å²) in [7, 11) is -0.603. The van der Waals surface area contributed by atoms with Crippen molar-refractivity contribution in [1.82, 2.24) is 4.31 Å².